The van der Waals surface area contributed by atoms with Gasteiger partial charge in [-0.1, -0.05) is 39.7 Å². The highest BCUT2D eigenvalue weighted by molar-refractivity contribution is 9.09. The number of Topliss-reactive ketones (excluding diaryl/α,β-unsaturated/α-hetero) is 1. The number of carbonyl (C=O) groups excluding carboxylic acids is 1. The first-order chi connectivity index (χ1) is 9.11. The van der Waals surface area contributed by atoms with Crippen LogP contribution in [0, 0.1) is 0 Å². The molecule has 0 aliphatic heterocycles. The second kappa shape index (κ2) is 6.60. The maximum Gasteiger partial charge on any atom is 0.180 e. The lowest BCUT2D eigenvalue weighted by Gasteiger charge is -2.10. The van der Waals surface area contributed by atoms with Gasteiger partial charge in [0.1, 0.15) is 4.83 Å². The summed E-state index contributed by atoms with van der Waals surface area (Å²) < 4.78 is 0. The second-order valence-corrected chi connectivity index (χ2v) is 6.24. The van der Waals surface area contributed by atoms with E-state index in [1.165, 1.54) is 4.90 Å². The van der Waals surface area contributed by atoms with Crippen molar-refractivity contribution in [2.75, 3.05) is 6.26 Å². The normalized spacial score (nSPS) is 12.2. The van der Waals surface area contributed by atoms with E-state index >= 15 is 0 Å². The Morgan fingerprint density at radius 2 is 1.68 bits per heavy atom. The molecule has 1 atom stereocenters. The molecular formula is C15H12BrClOS. The first-order valence-electron chi connectivity index (χ1n) is 5.69. The average molecular weight is 356 g/mol. The van der Waals surface area contributed by atoms with Crippen molar-refractivity contribution in [3.05, 3.63) is 64.7 Å². The van der Waals surface area contributed by atoms with Crippen LogP contribution in [0.3, 0.4) is 0 Å². The third kappa shape index (κ3) is 3.62. The van der Waals surface area contributed by atoms with Crippen LogP contribution < -0.4 is 0 Å². The lowest BCUT2D eigenvalue weighted by Crippen LogP contribution is -2.06. The Morgan fingerprint density at radius 1 is 1.11 bits per heavy atom. The fourth-order valence-corrected chi connectivity index (χ4v) is 2.79. The second-order valence-electron chi connectivity index (χ2n) is 4.01. The first kappa shape index (κ1) is 14.6. The number of halogens is 2. The van der Waals surface area contributed by atoms with Gasteiger partial charge >= 0.3 is 0 Å². The predicted octanol–water partition coefficient (Wildman–Crippen LogP) is 5.38. The molecule has 0 amide bonds. The molecule has 1 nitrogen and oxygen atoms in total. The minimum Gasteiger partial charge on any atom is -0.293 e. The lowest BCUT2D eigenvalue weighted by atomic mass is 10.0. The van der Waals surface area contributed by atoms with Gasteiger partial charge in [0, 0.05) is 15.5 Å². The van der Waals surface area contributed by atoms with Crippen LogP contribution in [0.25, 0.3) is 0 Å². The minimum absolute atomic E-state index is 0.0357. The summed E-state index contributed by atoms with van der Waals surface area (Å²) in [4.78, 5) is 13.2. The first-order valence-corrected chi connectivity index (χ1v) is 8.21. The van der Waals surface area contributed by atoms with E-state index in [4.69, 9.17) is 11.6 Å². The number of hydrogen-bond donors (Lipinski definition) is 0. The van der Waals surface area contributed by atoms with Gasteiger partial charge in [-0.15, -0.1) is 11.8 Å². The molecule has 0 aliphatic rings. The maximum atomic E-state index is 12.3. The van der Waals surface area contributed by atoms with Gasteiger partial charge in [-0.3, -0.25) is 4.79 Å². The van der Waals surface area contributed by atoms with Crippen molar-refractivity contribution in [2.24, 2.45) is 0 Å². The summed E-state index contributed by atoms with van der Waals surface area (Å²) in [5.74, 6) is 0.0357. The van der Waals surface area contributed by atoms with Crippen LogP contribution in [0.2, 0.25) is 5.02 Å². The Hall–Kier alpha value is -0.770. The summed E-state index contributed by atoms with van der Waals surface area (Å²) in [7, 11) is 0. The van der Waals surface area contributed by atoms with E-state index in [1.54, 1.807) is 36.0 Å². The molecule has 0 N–H and O–H groups in total. The van der Waals surface area contributed by atoms with E-state index < -0.39 is 0 Å². The van der Waals surface area contributed by atoms with Crippen LogP contribution >= 0.6 is 39.3 Å². The monoisotopic (exact) mass is 354 g/mol. The summed E-state index contributed by atoms with van der Waals surface area (Å²) in [5, 5.41) is 0.631. The third-order valence-electron chi connectivity index (χ3n) is 2.77. The molecule has 0 saturated carbocycles. The van der Waals surface area contributed by atoms with E-state index in [9.17, 15) is 4.79 Å². The molecule has 0 radical (unpaired) electrons. The van der Waals surface area contributed by atoms with E-state index in [-0.39, 0.29) is 10.6 Å². The molecule has 0 heterocycles. The maximum absolute atomic E-state index is 12.3. The Kier molecular flexibility index (Phi) is 5.08. The van der Waals surface area contributed by atoms with Crippen molar-refractivity contribution in [1.82, 2.24) is 0 Å². The van der Waals surface area contributed by atoms with Crippen molar-refractivity contribution in [2.45, 2.75) is 9.72 Å². The Morgan fingerprint density at radius 3 is 2.21 bits per heavy atom. The van der Waals surface area contributed by atoms with Gasteiger partial charge < -0.3 is 0 Å². The number of carbonyl (C=O) groups is 1. The molecule has 0 aromatic heterocycles. The largest absolute Gasteiger partial charge is 0.293 e. The van der Waals surface area contributed by atoms with Crippen LogP contribution in [0.4, 0.5) is 0 Å². The summed E-state index contributed by atoms with van der Waals surface area (Å²) in [5.41, 5.74) is 1.61. The number of benzene rings is 2. The number of alkyl halides is 1. The van der Waals surface area contributed by atoms with E-state index in [2.05, 4.69) is 15.9 Å². The fourth-order valence-electron chi connectivity index (χ4n) is 1.68. The van der Waals surface area contributed by atoms with Gasteiger partial charge in [0.05, 0.1) is 0 Å². The highest BCUT2D eigenvalue weighted by Crippen LogP contribution is 2.29. The molecule has 0 aliphatic carbocycles. The molecule has 0 saturated heterocycles. The molecule has 98 valence electrons. The van der Waals surface area contributed by atoms with Crippen LogP contribution in [-0.4, -0.2) is 12.0 Å². The molecule has 0 bridgehead atoms. The number of hydrogen-bond acceptors (Lipinski definition) is 2. The van der Waals surface area contributed by atoms with Crippen LogP contribution in [0.1, 0.15) is 20.7 Å². The molecule has 0 fully saturated rings. The smallest absolute Gasteiger partial charge is 0.180 e. The van der Waals surface area contributed by atoms with E-state index in [1.807, 2.05) is 30.5 Å². The van der Waals surface area contributed by atoms with Gasteiger partial charge in [0.25, 0.3) is 0 Å². The zero-order valence-corrected chi connectivity index (χ0v) is 13.4. The molecule has 2 aromatic rings. The topological polar surface area (TPSA) is 17.1 Å². The van der Waals surface area contributed by atoms with Gasteiger partial charge in [-0.05, 0) is 48.2 Å². The average Bonchev–Trinajstić information content (AvgIpc) is 2.46. The zero-order valence-electron chi connectivity index (χ0n) is 10.3. The minimum atomic E-state index is -0.329. The van der Waals surface area contributed by atoms with Crippen LogP contribution in [0.5, 0.6) is 0 Å². The molecule has 4 heteroatoms. The van der Waals surface area contributed by atoms with Gasteiger partial charge in [0.15, 0.2) is 5.78 Å². The van der Waals surface area contributed by atoms with Crippen molar-refractivity contribution in [3.8, 4) is 0 Å². The zero-order chi connectivity index (χ0) is 13.8. The summed E-state index contributed by atoms with van der Waals surface area (Å²) in [6.07, 6.45) is 2.03. The highest BCUT2D eigenvalue weighted by atomic mass is 79.9. The Balaban J connectivity index is 2.20. The van der Waals surface area contributed by atoms with Crippen molar-refractivity contribution in [3.63, 3.8) is 0 Å². The molecule has 1 unspecified atom stereocenters. The third-order valence-corrected chi connectivity index (χ3v) is 4.71. The van der Waals surface area contributed by atoms with E-state index in [0.29, 0.717) is 10.6 Å². The molecule has 19 heavy (non-hydrogen) atoms. The molecule has 2 rings (SSSR count). The van der Waals surface area contributed by atoms with E-state index in [0.717, 1.165) is 5.56 Å². The van der Waals surface area contributed by atoms with Gasteiger partial charge in [-0.2, -0.15) is 0 Å². The van der Waals surface area contributed by atoms with Gasteiger partial charge in [-0.25, -0.2) is 0 Å². The van der Waals surface area contributed by atoms with Gasteiger partial charge in [0.2, 0.25) is 0 Å². The van der Waals surface area contributed by atoms with Crippen molar-refractivity contribution < 1.29 is 4.79 Å². The number of rotatable bonds is 4. The quantitative estimate of drug-likeness (QED) is 0.416. The Bertz CT molecular complexity index is 566. The highest BCUT2D eigenvalue weighted by Gasteiger charge is 2.18. The fraction of sp³-hybridized carbons (Fsp3) is 0.133. The summed E-state index contributed by atoms with van der Waals surface area (Å²) in [6, 6.07) is 14.9. The SMILES string of the molecule is CSc1ccc(C(Br)C(=O)c2ccc(Cl)cc2)cc1. The molecule has 0 spiro atoms. The number of ketones is 1. The van der Waals surface area contributed by atoms with Crippen LogP contribution in [0.15, 0.2) is 53.4 Å². The summed E-state index contributed by atoms with van der Waals surface area (Å²) >= 11 is 11.0. The number of thioether (sulfide) groups is 1. The molecule has 2 aromatic carbocycles. The molecular weight excluding hydrogens is 344 g/mol. The van der Waals surface area contributed by atoms with Crippen molar-refractivity contribution in [1.29, 1.82) is 0 Å². The predicted molar refractivity (Wildman–Crippen MR) is 85.7 cm³/mol. The standard InChI is InChI=1S/C15H12BrClOS/c1-19-13-8-4-10(5-9-13)14(16)15(18)11-2-6-12(17)7-3-11/h2-9,14H,1H3. The summed E-state index contributed by atoms with van der Waals surface area (Å²) in [6.45, 7) is 0. The Labute approximate surface area is 130 Å². The van der Waals surface area contributed by atoms with Crippen molar-refractivity contribution >= 4 is 45.1 Å². The lowest BCUT2D eigenvalue weighted by molar-refractivity contribution is 0.0991. The van der Waals surface area contributed by atoms with Crippen LogP contribution in [-0.2, 0) is 0 Å².